The third-order valence-electron chi connectivity index (χ3n) is 3.35. The molecule has 0 aliphatic heterocycles. The molecule has 0 aromatic carbocycles. The molecule has 0 aromatic heterocycles. The molecule has 0 fully saturated rings. The minimum atomic E-state index is 0.122. The number of carbonyl (C=O) groups excluding carboxylic acids is 1. The summed E-state index contributed by atoms with van der Waals surface area (Å²) in [5.74, 6) is 0.122. The van der Waals surface area contributed by atoms with Crippen LogP contribution in [0.15, 0.2) is 0 Å². The molecule has 0 aliphatic carbocycles. The SMILES string of the molecule is CCCC(C)NC(=O)CN(CCN)C(CC)CC. The Balaban J connectivity index is 4.26. The fraction of sp³-hybridized carbons (Fsp3) is 0.929. The van der Waals surface area contributed by atoms with Crippen LogP contribution >= 0.6 is 0 Å². The average molecular weight is 257 g/mol. The summed E-state index contributed by atoms with van der Waals surface area (Å²) in [6, 6.07) is 0.727. The maximum Gasteiger partial charge on any atom is 0.234 e. The number of nitrogens with two attached hydrogens (primary N) is 1. The van der Waals surface area contributed by atoms with Gasteiger partial charge >= 0.3 is 0 Å². The van der Waals surface area contributed by atoms with Gasteiger partial charge in [-0.2, -0.15) is 0 Å². The van der Waals surface area contributed by atoms with E-state index in [-0.39, 0.29) is 11.9 Å². The predicted octanol–water partition coefficient (Wildman–Crippen LogP) is 1.74. The van der Waals surface area contributed by atoms with Gasteiger partial charge in [-0.15, -0.1) is 0 Å². The van der Waals surface area contributed by atoms with E-state index in [4.69, 9.17) is 5.73 Å². The molecule has 3 N–H and O–H groups in total. The maximum atomic E-state index is 12.0. The van der Waals surface area contributed by atoms with E-state index >= 15 is 0 Å². The lowest BCUT2D eigenvalue weighted by Crippen LogP contribution is -2.46. The van der Waals surface area contributed by atoms with Crippen LogP contribution in [0.2, 0.25) is 0 Å². The third kappa shape index (κ3) is 6.97. The van der Waals surface area contributed by atoms with E-state index in [9.17, 15) is 4.79 Å². The molecule has 4 nitrogen and oxygen atoms in total. The van der Waals surface area contributed by atoms with Crippen LogP contribution in [0.5, 0.6) is 0 Å². The van der Waals surface area contributed by atoms with Crippen LogP contribution in [0.1, 0.15) is 53.4 Å². The first-order valence-corrected chi connectivity index (χ1v) is 7.32. The zero-order valence-corrected chi connectivity index (χ0v) is 12.5. The topological polar surface area (TPSA) is 58.4 Å². The summed E-state index contributed by atoms with van der Waals surface area (Å²) in [6.07, 6.45) is 4.26. The van der Waals surface area contributed by atoms with E-state index in [0.717, 1.165) is 32.2 Å². The number of rotatable bonds is 10. The standard InChI is InChI=1S/C14H31N3O/c1-5-8-12(4)16-14(18)11-17(10-9-15)13(6-2)7-3/h12-13H,5-11,15H2,1-4H3,(H,16,18). The van der Waals surface area contributed by atoms with Gasteiger partial charge in [0, 0.05) is 25.2 Å². The minimum Gasteiger partial charge on any atom is -0.353 e. The Morgan fingerprint density at radius 3 is 2.33 bits per heavy atom. The second kappa shape index (κ2) is 10.3. The van der Waals surface area contributed by atoms with Gasteiger partial charge in [0.2, 0.25) is 5.91 Å². The number of hydrogen-bond acceptors (Lipinski definition) is 3. The van der Waals surface area contributed by atoms with Crippen LogP contribution in [0, 0.1) is 0 Å². The molecule has 1 amide bonds. The minimum absolute atomic E-state index is 0.122. The summed E-state index contributed by atoms with van der Waals surface area (Å²) in [5.41, 5.74) is 5.63. The van der Waals surface area contributed by atoms with E-state index in [2.05, 4.69) is 37.9 Å². The van der Waals surface area contributed by atoms with Crippen LogP contribution in [-0.2, 0) is 4.79 Å². The zero-order valence-electron chi connectivity index (χ0n) is 12.5. The van der Waals surface area contributed by atoms with Crippen LogP contribution in [-0.4, -0.2) is 42.5 Å². The molecule has 4 heteroatoms. The fourth-order valence-corrected chi connectivity index (χ4v) is 2.37. The third-order valence-corrected chi connectivity index (χ3v) is 3.35. The maximum absolute atomic E-state index is 12.0. The van der Waals surface area contributed by atoms with Gasteiger partial charge in [-0.1, -0.05) is 27.2 Å². The van der Waals surface area contributed by atoms with Crippen molar-refractivity contribution in [1.29, 1.82) is 0 Å². The molecule has 0 rings (SSSR count). The molecule has 0 bridgehead atoms. The van der Waals surface area contributed by atoms with E-state index in [1.165, 1.54) is 0 Å². The first-order chi connectivity index (χ1) is 8.58. The van der Waals surface area contributed by atoms with Crippen molar-refractivity contribution in [3.05, 3.63) is 0 Å². The van der Waals surface area contributed by atoms with Crippen molar-refractivity contribution >= 4 is 5.91 Å². The molecule has 0 saturated carbocycles. The molecule has 0 aliphatic rings. The number of nitrogens with one attached hydrogen (secondary N) is 1. The van der Waals surface area contributed by atoms with Gasteiger partial charge in [-0.3, -0.25) is 9.69 Å². The molecule has 108 valence electrons. The van der Waals surface area contributed by atoms with Crippen LogP contribution in [0.25, 0.3) is 0 Å². The highest BCUT2D eigenvalue weighted by Gasteiger charge is 2.18. The van der Waals surface area contributed by atoms with E-state index in [1.807, 2.05) is 0 Å². The highest BCUT2D eigenvalue weighted by atomic mass is 16.2. The summed E-state index contributed by atoms with van der Waals surface area (Å²) >= 11 is 0. The Bertz CT molecular complexity index is 217. The lowest BCUT2D eigenvalue weighted by atomic mass is 10.1. The summed E-state index contributed by atoms with van der Waals surface area (Å²) in [5, 5.41) is 3.05. The zero-order chi connectivity index (χ0) is 14.0. The summed E-state index contributed by atoms with van der Waals surface area (Å²) < 4.78 is 0. The van der Waals surface area contributed by atoms with Gasteiger partial charge in [0.15, 0.2) is 0 Å². The molecule has 1 unspecified atom stereocenters. The van der Waals surface area contributed by atoms with Gasteiger partial charge in [0.05, 0.1) is 6.54 Å². The first-order valence-electron chi connectivity index (χ1n) is 7.32. The van der Waals surface area contributed by atoms with E-state index in [1.54, 1.807) is 0 Å². The number of nitrogens with zero attached hydrogens (tertiary/aromatic N) is 1. The smallest absolute Gasteiger partial charge is 0.234 e. The van der Waals surface area contributed by atoms with Gasteiger partial charge in [0.25, 0.3) is 0 Å². The van der Waals surface area contributed by atoms with Crippen LogP contribution < -0.4 is 11.1 Å². The Kier molecular flexibility index (Phi) is 9.98. The first kappa shape index (κ1) is 17.4. The largest absolute Gasteiger partial charge is 0.353 e. The molecular formula is C14H31N3O. The van der Waals surface area contributed by atoms with Crippen molar-refractivity contribution in [2.45, 2.75) is 65.5 Å². The highest BCUT2D eigenvalue weighted by molar-refractivity contribution is 5.78. The Labute approximate surface area is 112 Å². The molecule has 0 spiro atoms. The van der Waals surface area contributed by atoms with Crippen molar-refractivity contribution in [3.8, 4) is 0 Å². The number of hydrogen-bond donors (Lipinski definition) is 2. The molecule has 0 radical (unpaired) electrons. The molecule has 0 aromatic rings. The van der Waals surface area contributed by atoms with Crippen LogP contribution in [0.3, 0.4) is 0 Å². The van der Waals surface area contributed by atoms with Crippen molar-refractivity contribution in [2.75, 3.05) is 19.6 Å². The molecular weight excluding hydrogens is 226 g/mol. The van der Waals surface area contributed by atoms with E-state index in [0.29, 0.717) is 19.1 Å². The number of amides is 1. The van der Waals surface area contributed by atoms with E-state index < -0.39 is 0 Å². The summed E-state index contributed by atoms with van der Waals surface area (Å²) in [4.78, 5) is 14.2. The predicted molar refractivity (Wildman–Crippen MR) is 77.5 cm³/mol. The lowest BCUT2D eigenvalue weighted by Gasteiger charge is -2.29. The van der Waals surface area contributed by atoms with Crippen molar-refractivity contribution in [1.82, 2.24) is 10.2 Å². The second-order valence-electron chi connectivity index (χ2n) is 4.99. The van der Waals surface area contributed by atoms with Crippen molar-refractivity contribution < 1.29 is 4.79 Å². The Hall–Kier alpha value is -0.610. The normalized spacial score (nSPS) is 13.1. The van der Waals surface area contributed by atoms with Crippen molar-refractivity contribution in [3.63, 3.8) is 0 Å². The second-order valence-corrected chi connectivity index (χ2v) is 4.99. The molecule has 18 heavy (non-hydrogen) atoms. The van der Waals surface area contributed by atoms with Crippen molar-refractivity contribution in [2.24, 2.45) is 5.73 Å². The molecule has 0 saturated heterocycles. The quantitative estimate of drug-likeness (QED) is 0.627. The van der Waals surface area contributed by atoms with Crippen LogP contribution in [0.4, 0.5) is 0 Å². The van der Waals surface area contributed by atoms with Gasteiger partial charge in [0.1, 0.15) is 0 Å². The Morgan fingerprint density at radius 2 is 1.89 bits per heavy atom. The van der Waals surface area contributed by atoms with Gasteiger partial charge in [-0.25, -0.2) is 0 Å². The Morgan fingerprint density at radius 1 is 1.28 bits per heavy atom. The highest BCUT2D eigenvalue weighted by Crippen LogP contribution is 2.07. The lowest BCUT2D eigenvalue weighted by molar-refractivity contribution is -0.123. The average Bonchev–Trinajstić information content (AvgIpc) is 2.30. The van der Waals surface area contributed by atoms with Gasteiger partial charge < -0.3 is 11.1 Å². The summed E-state index contributed by atoms with van der Waals surface area (Å²) in [6.45, 7) is 10.4. The molecule has 0 heterocycles. The summed E-state index contributed by atoms with van der Waals surface area (Å²) in [7, 11) is 0. The molecule has 1 atom stereocenters. The van der Waals surface area contributed by atoms with Gasteiger partial charge in [-0.05, 0) is 26.2 Å². The fourth-order valence-electron chi connectivity index (χ4n) is 2.37. The monoisotopic (exact) mass is 257 g/mol. The number of carbonyl (C=O) groups is 1.